The summed E-state index contributed by atoms with van der Waals surface area (Å²) in [6, 6.07) is 15.3. The van der Waals surface area contributed by atoms with Gasteiger partial charge in [-0.2, -0.15) is 0 Å². The molecule has 2 aromatic carbocycles. The van der Waals surface area contributed by atoms with Crippen molar-refractivity contribution in [3.8, 4) is 11.4 Å². The molecule has 3 aromatic rings. The van der Waals surface area contributed by atoms with Crippen molar-refractivity contribution in [1.82, 2.24) is 9.71 Å². The maximum atomic E-state index is 13.7. The van der Waals surface area contributed by atoms with Gasteiger partial charge in [-0.3, -0.25) is 24.0 Å². The second kappa shape index (κ2) is 12.6. The van der Waals surface area contributed by atoms with Gasteiger partial charge in [0.1, 0.15) is 12.7 Å². The van der Waals surface area contributed by atoms with Crippen molar-refractivity contribution in [3.05, 3.63) is 65.0 Å². The highest BCUT2D eigenvalue weighted by Gasteiger charge is 2.54. The number of benzene rings is 2. The van der Waals surface area contributed by atoms with Crippen molar-refractivity contribution >= 4 is 34.8 Å². The minimum atomic E-state index is -1.63. The molecular formula is C28H28N2O11. The van der Waals surface area contributed by atoms with E-state index >= 15 is 0 Å². The first-order valence-electron chi connectivity index (χ1n) is 12.6. The summed E-state index contributed by atoms with van der Waals surface area (Å²) < 4.78 is 28.3. The number of hydrogen-bond acceptors (Lipinski definition) is 12. The van der Waals surface area contributed by atoms with Gasteiger partial charge in [-0.1, -0.05) is 42.5 Å². The summed E-state index contributed by atoms with van der Waals surface area (Å²) in [7, 11) is 0. The fraction of sp³-hybridized carbons (Fsp3) is 0.357. The highest BCUT2D eigenvalue weighted by Crippen LogP contribution is 2.30. The Balaban J connectivity index is 1.86. The maximum absolute atomic E-state index is 13.7. The zero-order valence-corrected chi connectivity index (χ0v) is 22.7. The third-order valence-corrected chi connectivity index (χ3v) is 5.93. The lowest BCUT2D eigenvalue weighted by Crippen LogP contribution is -2.64. The Kier molecular flexibility index (Phi) is 8.97. The van der Waals surface area contributed by atoms with E-state index in [1.165, 1.54) is 0 Å². The topological polar surface area (TPSA) is 159 Å². The Morgan fingerprint density at radius 1 is 0.780 bits per heavy atom. The Morgan fingerprint density at radius 3 is 2.00 bits per heavy atom. The first kappa shape index (κ1) is 29.2. The first-order valence-corrected chi connectivity index (χ1v) is 12.6. The molecule has 1 aliphatic rings. The largest absolute Gasteiger partial charge is 0.463 e. The monoisotopic (exact) mass is 568 g/mol. The summed E-state index contributed by atoms with van der Waals surface area (Å²) in [6.07, 6.45) is -7.26. The molecule has 4 rings (SSSR count). The smallest absolute Gasteiger partial charge is 0.303 e. The summed E-state index contributed by atoms with van der Waals surface area (Å²) in [4.78, 5) is 72.2. The van der Waals surface area contributed by atoms with Crippen LogP contribution in [0.1, 0.15) is 27.7 Å². The molecule has 1 unspecified atom stereocenters. The van der Waals surface area contributed by atoms with Gasteiger partial charge in [0, 0.05) is 33.3 Å². The predicted molar refractivity (Wildman–Crippen MR) is 140 cm³/mol. The summed E-state index contributed by atoms with van der Waals surface area (Å²) in [5.74, 6) is -2.95. The third kappa shape index (κ3) is 6.87. The molecule has 0 aliphatic carbocycles. The molecule has 216 valence electrons. The average Bonchev–Trinajstić information content (AvgIpc) is 2.92. The fourth-order valence-corrected chi connectivity index (χ4v) is 4.36. The zero-order chi connectivity index (χ0) is 29.7. The summed E-state index contributed by atoms with van der Waals surface area (Å²) in [6.45, 7) is 4.03. The molecule has 0 bridgehead atoms. The molecule has 2 heterocycles. The van der Waals surface area contributed by atoms with Gasteiger partial charge in [0.2, 0.25) is 6.10 Å². The Bertz CT molecular complexity index is 1500. The normalized spacial score (nSPS) is 21.9. The molecule has 0 radical (unpaired) electrons. The van der Waals surface area contributed by atoms with E-state index in [-0.39, 0.29) is 11.2 Å². The molecule has 13 nitrogen and oxygen atoms in total. The van der Waals surface area contributed by atoms with E-state index in [1.54, 1.807) is 54.6 Å². The van der Waals surface area contributed by atoms with Crippen LogP contribution in [0.15, 0.2) is 59.4 Å². The number of ether oxygens (including phenoxy) is 5. The second-order valence-electron chi connectivity index (χ2n) is 9.09. The van der Waals surface area contributed by atoms with Crippen LogP contribution in [-0.4, -0.2) is 70.9 Å². The van der Waals surface area contributed by atoms with Crippen molar-refractivity contribution in [2.24, 2.45) is 0 Å². The van der Waals surface area contributed by atoms with E-state index in [1.807, 2.05) is 0 Å². The standard InChI is InChI=1S/C28H28N2O11/c1-15(31)36-14-22-23(37-16(2)32)24(38-17(3)33)25(39-18(4)34)28(40-22)41-30-26(19-10-6-5-7-11-19)29-21-13-9-8-12-20(21)27(30)35/h5-13,22-25,28H,14H2,1-4H3/t22-,23+,24-,25-,28?/m0/s1. The minimum Gasteiger partial charge on any atom is -0.463 e. The van der Waals surface area contributed by atoms with Gasteiger partial charge >= 0.3 is 23.9 Å². The van der Waals surface area contributed by atoms with E-state index in [9.17, 15) is 24.0 Å². The van der Waals surface area contributed by atoms with Crippen LogP contribution in [0.5, 0.6) is 0 Å². The lowest BCUT2D eigenvalue weighted by Gasteiger charge is -2.43. The van der Waals surface area contributed by atoms with Crippen molar-refractivity contribution in [2.75, 3.05) is 6.61 Å². The predicted octanol–water partition coefficient (Wildman–Crippen LogP) is 1.58. The molecular weight excluding hydrogens is 540 g/mol. The molecule has 1 aliphatic heterocycles. The summed E-state index contributed by atoms with van der Waals surface area (Å²) >= 11 is 0. The Morgan fingerprint density at radius 2 is 1.37 bits per heavy atom. The molecule has 5 atom stereocenters. The van der Waals surface area contributed by atoms with E-state index in [2.05, 4.69) is 4.98 Å². The summed E-state index contributed by atoms with van der Waals surface area (Å²) in [5, 5.41) is 0.220. The summed E-state index contributed by atoms with van der Waals surface area (Å²) in [5.41, 5.74) is 0.307. The average molecular weight is 569 g/mol. The Hall–Kier alpha value is -4.78. The molecule has 0 saturated carbocycles. The lowest BCUT2D eigenvalue weighted by molar-refractivity contribution is -0.307. The van der Waals surface area contributed by atoms with Gasteiger partial charge in [0.15, 0.2) is 18.0 Å². The van der Waals surface area contributed by atoms with Crippen molar-refractivity contribution in [1.29, 1.82) is 0 Å². The van der Waals surface area contributed by atoms with Crippen LogP contribution < -0.4 is 10.4 Å². The van der Waals surface area contributed by atoms with Gasteiger partial charge < -0.3 is 28.5 Å². The molecule has 0 N–H and O–H groups in total. The van der Waals surface area contributed by atoms with Gasteiger partial charge in [0.25, 0.3) is 11.8 Å². The van der Waals surface area contributed by atoms with Crippen LogP contribution in [0.3, 0.4) is 0 Å². The van der Waals surface area contributed by atoms with E-state index in [0.717, 1.165) is 32.4 Å². The van der Waals surface area contributed by atoms with Crippen LogP contribution in [0, 0.1) is 0 Å². The number of rotatable bonds is 8. The van der Waals surface area contributed by atoms with Crippen LogP contribution in [0.4, 0.5) is 0 Å². The van der Waals surface area contributed by atoms with Crippen molar-refractivity contribution in [2.45, 2.75) is 58.4 Å². The van der Waals surface area contributed by atoms with Crippen LogP contribution in [0.25, 0.3) is 22.3 Å². The quantitative estimate of drug-likeness (QED) is 0.286. The zero-order valence-electron chi connectivity index (χ0n) is 22.7. The highest BCUT2D eigenvalue weighted by molar-refractivity contribution is 5.79. The SMILES string of the molecule is CC(=O)OC[C@@H]1OC(On2c(-c3ccccc3)nc3ccccc3c2=O)[C@@H](OC(C)=O)[C@@H](OC(C)=O)[C@@H]1OC(C)=O. The van der Waals surface area contributed by atoms with E-state index in [0.29, 0.717) is 11.1 Å². The fourth-order valence-electron chi connectivity index (χ4n) is 4.36. The molecule has 1 saturated heterocycles. The van der Waals surface area contributed by atoms with E-state index < -0.39 is 66.7 Å². The van der Waals surface area contributed by atoms with Gasteiger partial charge in [0.05, 0.1) is 10.9 Å². The second-order valence-corrected chi connectivity index (χ2v) is 9.09. The number of carbonyl (C=O) groups excluding carboxylic acids is 4. The highest BCUT2D eigenvalue weighted by atomic mass is 16.8. The molecule has 41 heavy (non-hydrogen) atoms. The van der Waals surface area contributed by atoms with Crippen molar-refractivity contribution in [3.63, 3.8) is 0 Å². The number of carbonyl (C=O) groups is 4. The van der Waals surface area contributed by atoms with E-state index in [4.69, 9.17) is 28.5 Å². The number of para-hydroxylation sites is 1. The third-order valence-electron chi connectivity index (χ3n) is 5.93. The van der Waals surface area contributed by atoms with Crippen LogP contribution in [-0.2, 0) is 42.9 Å². The van der Waals surface area contributed by atoms with Crippen LogP contribution >= 0.6 is 0 Å². The van der Waals surface area contributed by atoms with Gasteiger partial charge in [-0.05, 0) is 12.1 Å². The van der Waals surface area contributed by atoms with Crippen LogP contribution in [0.2, 0.25) is 0 Å². The minimum absolute atomic E-state index is 0.0992. The molecule has 1 aromatic heterocycles. The first-order chi connectivity index (χ1) is 19.5. The molecule has 1 fully saturated rings. The number of hydrogen-bond donors (Lipinski definition) is 0. The van der Waals surface area contributed by atoms with Gasteiger partial charge in [-0.15, -0.1) is 4.73 Å². The number of fused-ring (bicyclic) bond motifs is 1. The van der Waals surface area contributed by atoms with Gasteiger partial charge in [-0.25, -0.2) is 4.98 Å². The number of esters is 4. The maximum Gasteiger partial charge on any atom is 0.303 e. The molecule has 0 spiro atoms. The number of nitrogens with zero attached hydrogens (tertiary/aromatic N) is 2. The molecule has 13 heteroatoms. The number of aromatic nitrogens is 2. The Labute approximate surface area is 233 Å². The van der Waals surface area contributed by atoms with Crippen molar-refractivity contribution < 1.29 is 47.7 Å². The lowest BCUT2D eigenvalue weighted by atomic mass is 9.98. The molecule has 0 amide bonds.